The minimum atomic E-state index is -0.557. The third-order valence-electron chi connectivity index (χ3n) is 2.85. The summed E-state index contributed by atoms with van der Waals surface area (Å²) in [6.45, 7) is 3.65. The molecule has 102 valence electrons. The summed E-state index contributed by atoms with van der Waals surface area (Å²) >= 11 is 0. The lowest BCUT2D eigenvalue weighted by molar-refractivity contribution is 0.0934. The molecule has 0 aliphatic rings. The van der Waals surface area contributed by atoms with Crippen LogP contribution in [0, 0.1) is 17.7 Å². The first kappa shape index (κ1) is 15.2. The molecule has 0 atom stereocenters. The molecule has 3 nitrogen and oxygen atoms in total. The first-order valence-electron chi connectivity index (χ1n) is 6.32. The molecule has 0 aliphatic heterocycles. The van der Waals surface area contributed by atoms with Gasteiger partial charge >= 0.3 is 0 Å². The van der Waals surface area contributed by atoms with E-state index in [1.54, 1.807) is 0 Å². The second kappa shape index (κ2) is 7.55. The average molecular weight is 263 g/mol. The molecule has 19 heavy (non-hydrogen) atoms. The van der Waals surface area contributed by atoms with Gasteiger partial charge in [-0.3, -0.25) is 4.79 Å². The first-order valence-corrected chi connectivity index (χ1v) is 6.32. The highest BCUT2D eigenvalue weighted by Gasteiger charge is 2.12. The maximum Gasteiger partial charge on any atom is 0.251 e. The molecule has 0 aromatic heterocycles. The van der Waals surface area contributed by atoms with Gasteiger partial charge in [-0.2, -0.15) is 0 Å². The van der Waals surface area contributed by atoms with Crippen LogP contribution in [-0.4, -0.2) is 23.7 Å². The Bertz CT molecular complexity index is 499. The lowest BCUT2D eigenvalue weighted by Gasteiger charge is -2.14. The van der Waals surface area contributed by atoms with Crippen LogP contribution < -0.4 is 5.32 Å². The molecule has 1 aromatic carbocycles. The average Bonchev–Trinajstić information content (AvgIpc) is 2.43. The maximum atomic E-state index is 13.7. The Morgan fingerprint density at radius 2 is 2.11 bits per heavy atom. The molecule has 0 saturated heterocycles. The molecule has 0 bridgehead atoms. The summed E-state index contributed by atoms with van der Waals surface area (Å²) in [6, 6.07) is 4.24. The van der Waals surface area contributed by atoms with E-state index in [0.29, 0.717) is 0 Å². The van der Waals surface area contributed by atoms with Gasteiger partial charge in [0, 0.05) is 11.6 Å². The van der Waals surface area contributed by atoms with Crippen molar-refractivity contribution >= 4 is 5.91 Å². The molecule has 4 heteroatoms. The highest BCUT2D eigenvalue weighted by atomic mass is 19.1. The Labute approximate surface area is 112 Å². The summed E-state index contributed by atoms with van der Waals surface area (Å²) in [5.41, 5.74) is 0.451. The zero-order valence-corrected chi connectivity index (χ0v) is 11.2. The van der Waals surface area contributed by atoms with E-state index in [2.05, 4.69) is 17.2 Å². The van der Waals surface area contributed by atoms with Crippen LogP contribution in [-0.2, 0) is 0 Å². The normalized spacial score (nSPS) is 9.95. The Morgan fingerprint density at radius 1 is 1.42 bits per heavy atom. The predicted molar refractivity (Wildman–Crippen MR) is 72.2 cm³/mol. The van der Waals surface area contributed by atoms with E-state index in [0.717, 1.165) is 12.8 Å². The zero-order chi connectivity index (χ0) is 14.3. The largest absolute Gasteiger partial charge is 0.384 e. The Hall–Kier alpha value is -1.86. The van der Waals surface area contributed by atoms with Crippen LogP contribution in [0.25, 0.3) is 0 Å². The molecule has 1 aromatic rings. The second-order valence-corrected chi connectivity index (χ2v) is 4.14. The third-order valence-corrected chi connectivity index (χ3v) is 2.85. The van der Waals surface area contributed by atoms with Crippen molar-refractivity contribution in [3.8, 4) is 11.8 Å². The number of rotatable bonds is 4. The number of benzene rings is 1. The van der Waals surface area contributed by atoms with Crippen molar-refractivity contribution in [2.75, 3.05) is 6.61 Å². The van der Waals surface area contributed by atoms with Crippen LogP contribution in [0.15, 0.2) is 18.2 Å². The van der Waals surface area contributed by atoms with Crippen LogP contribution in [0.4, 0.5) is 4.39 Å². The number of carbonyl (C=O) groups is 1. The third kappa shape index (κ3) is 4.38. The van der Waals surface area contributed by atoms with Crippen molar-refractivity contribution in [2.45, 2.75) is 32.7 Å². The van der Waals surface area contributed by atoms with Crippen molar-refractivity contribution < 1.29 is 14.3 Å². The van der Waals surface area contributed by atoms with Gasteiger partial charge in [0.25, 0.3) is 5.91 Å². The summed E-state index contributed by atoms with van der Waals surface area (Å²) in [5.74, 6) is 4.01. The van der Waals surface area contributed by atoms with Gasteiger partial charge in [0.1, 0.15) is 12.4 Å². The number of amides is 1. The van der Waals surface area contributed by atoms with Crippen LogP contribution in [0.2, 0.25) is 0 Å². The van der Waals surface area contributed by atoms with Crippen LogP contribution in [0.3, 0.4) is 0 Å². The SMILES string of the molecule is CCC(CC)NC(=O)c1ccc(C#CCO)c(F)c1. The predicted octanol–water partition coefficient (Wildman–Crippen LogP) is 2.09. The van der Waals surface area contributed by atoms with E-state index >= 15 is 0 Å². The summed E-state index contributed by atoms with van der Waals surface area (Å²) in [6.07, 6.45) is 1.68. The van der Waals surface area contributed by atoms with Crippen molar-refractivity contribution in [2.24, 2.45) is 0 Å². The summed E-state index contributed by atoms with van der Waals surface area (Å²) in [5, 5.41) is 11.4. The van der Waals surface area contributed by atoms with E-state index in [4.69, 9.17) is 5.11 Å². The Balaban J connectivity index is 2.85. The summed E-state index contributed by atoms with van der Waals surface area (Å²) in [7, 11) is 0. The highest BCUT2D eigenvalue weighted by molar-refractivity contribution is 5.94. The van der Waals surface area contributed by atoms with Gasteiger partial charge in [0.05, 0.1) is 5.56 Å². The number of nitrogens with one attached hydrogen (secondary N) is 1. The summed E-state index contributed by atoms with van der Waals surface area (Å²) < 4.78 is 13.7. The molecule has 0 aliphatic carbocycles. The van der Waals surface area contributed by atoms with Gasteiger partial charge in [-0.25, -0.2) is 4.39 Å². The quantitative estimate of drug-likeness (QED) is 0.817. The maximum absolute atomic E-state index is 13.7. The Morgan fingerprint density at radius 3 is 2.63 bits per heavy atom. The van der Waals surface area contributed by atoms with Crippen molar-refractivity contribution in [1.29, 1.82) is 0 Å². The minimum Gasteiger partial charge on any atom is -0.384 e. The number of hydrogen-bond acceptors (Lipinski definition) is 2. The fourth-order valence-electron chi connectivity index (χ4n) is 1.65. The molecular formula is C15H18FNO2. The minimum absolute atomic E-state index is 0.101. The van der Waals surface area contributed by atoms with Gasteiger partial charge in [-0.1, -0.05) is 25.7 Å². The molecule has 1 amide bonds. The molecule has 0 fully saturated rings. The molecule has 1 rings (SSSR count). The van der Waals surface area contributed by atoms with Gasteiger partial charge in [-0.05, 0) is 31.0 Å². The van der Waals surface area contributed by atoms with Crippen molar-refractivity contribution in [3.05, 3.63) is 35.1 Å². The lowest BCUT2D eigenvalue weighted by Crippen LogP contribution is -2.33. The molecule has 0 unspecified atom stereocenters. The van der Waals surface area contributed by atoms with E-state index in [9.17, 15) is 9.18 Å². The number of carbonyl (C=O) groups excluding carboxylic acids is 1. The molecule has 2 N–H and O–H groups in total. The standard InChI is InChI=1S/C15H18FNO2/c1-3-13(4-2)17-15(19)12-8-7-11(6-5-9-18)14(16)10-12/h7-8,10,13,18H,3-4,9H2,1-2H3,(H,17,19). The molecule has 0 radical (unpaired) electrons. The van der Waals surface area contributed by atoms with E-state index in [1.165, 1.54) is 18.2 Å². The smallest absolute Gasteiger partial charge is 0.251 e. The van der Waals surface area contributed by atoms with Gasteiger partial charge in [-0.15, -0.1) is 0 Å². The van der Waals surface area contributed by atoms with E-state index < -0.39 is 5.82 Å². The molecule has 0 spiro atoms. The topological polar surface area (TPSA) is 49.3 Å². The molecule has 0 saturated carbocycles. The first-order chi connectivity index (χ1) is 9.12. The zero-order valence-electron chi connectivity index (χ0n) is 11.2. The molecule has 0 heterocycles. The number of halogens is 1. The van der Waals surface area contributed by atoms with E-state index in [1.807, 2.05) is 13.8 Å². The van der Waals surface area contributed by atoms with Crippen molar-refractivity contribution in [3.63, 3.8) is 0 Å². The highest BCUT2D eigenvalue weighted by Crippen LogP contribution is 2.10. The number of hydrogen-bond donors (Lipinski definition) is 2. The van der Waals surface area contributed by atoms with Gasteiger partial charge in [0.2, 0.25) is 0 Å². The van der Waals surface area contributed by atoms with Crippen LogP contribution in [0.5, 0.6) is 0 Å². The lowest BCUT2D eigenvalue weighted by atomic mass is 10.1. The number of aliphatic hydroxyl groups is 1. The Kier molecular flexibility index (Phi) is 6.04. The fraction of sp³-hybridized carbons (Fsp3) is 0.400. The van der Waals surface area contributed by atoms with Crippen LogP contribution >= 0.6 is 0 Å². The fourth-order valence-corrected chi connectivity index (χ4v) is 1.65. The van der Waals surface area contributed by atoms with Gasteiger partial charge < -0.3 is 10.4 Å². The van der Waals surface area contributed by atoms with Crippen LogP contribution in [0.1, 0.15) is 42.6 Å². The second-order valence-electron chi connectivity index (χ2n) is 4.14. The number of aliphatic hydroxyl groups excluding tert-OH is 1. The monoisotopic (exact) mass is 263 g/mol. The van der Waals surface area contributed by atoms with E-state index in [-0.39, 0.29) is 29.7 Å². The molecular weight excluding hydrogens is 245 g/mol. The van der Waals surface area contributed by atoms with Gasteiger partial charge in [0.15, 0.2) is 0 Å². The summed E-state index contributed by atoms with van der Waals surface area (Å²) in [4.78, 5) is 11.9. The van der Waals surface area contributed by atoms with Crippen molar-refractivity contribution in [1.82, 2.24) is 5.32 Å².